The topological polar surface area (TPSA) is 61.8 Å². The molecule has 1 atom stereocenters. The molecule has 0 bridgehead atoms. The number of rotatable bonds is 6. The first-order valence-corrected chi connectivity index (χ1v) is 13.2. The Kier molecular flexibility index (Phi) is 8.32. The van der Waals surface area contributed by atoms with Gasteiger partial charge in [-0.25, -0.2) is 9.97 Å². The molecule has 0 radical (unpaired) electrons. The predicted molar refractivity (Wildman–Crippen MR) is 139 cm³/mol. The molecule has 1 aromatic heterocycles. The van der Waals surface area contributed by atoms with Gasteiger partial charge in [-0.15, -0.1) is 0 Å². The maximum Gasteiger partial charge on any atom is 0.416 e. The normalized spacial score (nSPS) is 20.9. The molecule has 1 unspecified atom stereocenters. The van der Waals surface area contributed by atoms with Crippen molar-refractivity contribution in [1.29, 1.82) is 0 Å². The van der Waals surface area contributed by atoms with Gasteiger partial charge in [0.1, 0.15) is 12.1 Å². The van der Waals surface area contributed by atoms with E-state index in [-0.39, 0.29) is 17.2 Å². The van der Waals surface area contributed by atoms with Gasteiger partial charge < -0.3 is 9.64 Å². The molecule has 1 aromatic carbocycles. The third kappa shape index (κ3) is 5.96. The third-order valence-electron chi connectivity index (χ3n) is 8.38. The number of aromatic nitrogens is 2. The number of carbonyl (C=O) groups is 1. The van der Waals surface area contributed by atoms with E-state index in [1.807, 2.05) is 18.7 Å². The number of piperazine rings is 1. The van der Waals surface area contributed by atoms with E-state index < -0.39 is 11.7 Å². The number of amides is 1. The first-order chi connectivity index (χ1) is 17.9. The van der Waals surface area contributed by atoms with Crippen LogP contribution in [0.1, 0.15) is 59.6 Å². The second kappa shape index (κ2) is 11.2. The fourth-order valence-electron chi connectivity index (χ4n) is 5.78. The summed E-state index contributed by atoms with van der Waals surface area (Å²) in [7, 11) is 1.41. The number of alkyl halides is 3. The van der Waals surface area contributed by atoms with E-state index in [9.17, 15) is 18.0 Å². The van der Waals surface area contributed by atoms with Gasteiger partial charge >= 0.3 is 6.18 Å². The molecule has 2 aliphatic heterocycles. The number of likely N-dealkylation sites (tertiary alicyclic amines) is 1. The van der Waals surface area contributed by atoms with Crippen LogP contribution in [0.2, 0.25) is 0 Å². The van der Waals surface area contributed by atoms with E-state index in [2.05, 4.69) is 33.6 Å². The SMILES string of the molecule is COc1cc(C(F)(F)F)ccc1CCN1CCN(C2(C)CCN(C(=O)c3c(C)ncnc3C)CC2)CC1C. The summed E-state index contributed by atoms with van der Waals surface area (Å²) in [5.41, 5.74) is 2.16. The van der Waals surface area contributed by atoms with Crippen LogP contribution in [0.3, 0.4) is 0 Å². The number of nitrogens with zero attached hydrogens (tertiary/aromatic N) is 5. The lowest BCUT2D eigenvalue weighted by Crippen LogP contribution is -2.62. The Balaban J connectivity index is 1.32. The Labute approximate surface area is 223 Å². The van der Waals surface area contributed by atoms with Crippen LogP contribution >= 0.6 is 0 Å². The number of piperidine rings is 1. The summed E-state index contributed by atoms with van der Waals surface area (Å²) in [6.07, 6.45) is -0.457. The van der Waals surface area contributed by atoms with Gasteiger partial charge in [0, 0.05) is 50.8 Å². The van der Waals surface area contributed by atoms with Crippen molar-refractivity contribution in [2.75, 3.05) is 46.4 Å². The highest BCUT2D eigenvalue weighted by Gasteiger charge is 2.40. The number of halogens is 3. The maximum absolute atomic E-state index is 13.2. The van der Waals surface area contributed by atoms with Gasteiger partial charge in [0.05, 0.1) is 29.6 Å². The molecule has 2 aromatic rings. The standard InChI is InChI=1S/C28H38F3N5O2/c1-19-17-36(15-14-34(19)11-8-22-6-7-23(28(29,30)31)16-24(22)38-5)27(4)9-12-35(13-10-27)26(37)25-20(2)32-18-33-21(25)3/h6-7,16,18-19H,8-15,17H2,1-5H3. The quantitative estimate of drug-likeness (QED) is 0.550. The number of methoxy groups -OCH3 is 1. The molecule has 0 N–H and O–H groups in total. The van der Waals surface area contributed by atoms with Crippen LogP contribution in [0.15, 0.2) is 24.5 Å². The van der Waals surface area contributed by atoms with Crippen LogP contribution in [0.4, 0.5) is 13.2 Å². The number of carbonyl (C=O) groups excluding carboxylic acids is 1. The minimum absolute atomic E-state index is 0.0135. The number of benzene rings is 1. The Bertz CT molecular complexity index is 1130. The molecule has 0 aliphatic carbocycles. The van der Waals surface area contributed by atoms with Crippen molar-refractivity contribution in [1.82, 2.24) is 24.7 Å². The second-order valence-electron chi connectivity index (χ2n) is 10.8. The fourth-order valence-corrected chi connectivity index (χ4v) is 5.78. The molecule has 10 heteroatoms. The van der Waals surface area contributed by atoms with Crippen molar-refractivity contribution in [3.8, 4) is 5.75 Å². The molecular weight excluding hydrogens is 495 g/mol. The Morgan fingerprint density at radius 1 is 1.11 bits per heavy atom. The Morgan fingerprint density at radius 3 is 2.34 bits per heavy atom. The molecular formula is C28H38F3N5O2. The predicted octanol–water partition coefficient (Wildman–Crippen LogP) is 4.36. The van der Waals surface area contributed by atoms with E-state index in [1.165, 1.54) is 19.5 Å². The second-order valence-corrected chi connectivity index (χ2v) is 10.8. The van der Waals surface area contributed by atoms with Crippen molar-refractivity contribution in [2.45, 2.75) is 64.7 Å². The number of hydrogen-bond donors (Lipinski definition) is 0. The third-order valence-corrected chi connectivity index (χ3v) is 8.38. The number of aryl methyl sites for hydroxylation is 2. The molecule has 2 saturated heterocycles. The van der Waals surface area contributed by atoms with Gasteiger partial charge in [-0.1, -0.05) is 6.07 Å². The minimum Gasteiger partial charge on any atom is -0.496 e. The van der Waals surface area contributed by atoms with Gasteiger partial charge in [0.25, 0.3) is 5.91 Å². The van der Waals surface area contributed by atoms with Crippen molar-refractivity contribution < 1.29 is 22.7 Å². The van der Waals surface area contributed by atoms with Crippen LogP contribution in [-0.2, 0) is 12.6 Å². The number of ether oxygens (including phenoxy) is 1. The molecule has 38 heavy (non-hydrogen) atoms. The fraction of sp³-hybridized carbons (Fsp3) is 0.607. The van der Waals surface area contributed by atoms with Crippen molar-refractivity contribution in [2.24, 2.45) is 0 Å². The average Bonchev–Trinajstić information content (AvgIpc) is 2.87. The summed E-state index contributed by atoms with van der Waals surface area (Å²) in [5, 5.41) is 0. The Hall–Kier alpha value is -2.72. The first kappa shape index (κ1) is 28.3. The largest absolute Gasteiger partial charge is 0.496 e. The highest BCUT2D eigenvalue weighted by molar-refractivity contribution is 5.96. The highest BCUT2D eigenvalue weighted by atomic mass is 19.4. The molecule has 2 aliphatic rings. The van der Waals surface area contributed by atoms with Crippen LogP contribution in [-0.4, -0.2) is 88.5 Å². The first-order valence-electron chi connectivity index (χ1n) is 13.2. The monoisotopic (exact) mass is 533 g/mol. The summed E-state index contributed by atoms with van der Waals surface area (Å²) in [4.78, 5) is 28.5. The molecule has 2 fully saturated rings. The van der Waals surface area contributed by atoms with Gasteiger partial charge in [-0.05, 0) is 64.7 Å². The molecule has 1 amide bonds. The molecule has 4 rings (SSSR count). The Morgan fingerprint density at radius 2 is 1.76 bits per heavy atom. The van der Waals surface area contributed by atoms with E-state index in [1.54, 1.807) is 0 Å². The van der Waals surface area contributed by atoms with Crippen molar-refractivity contribution in [3.63, 3.8) is 0 Å². The molecule has 7 nitrogen and oxygen atoms in total. The summed E-state index contributed by atoms with van der Waals surface area (Å²) in [6, 6.07) is 4.06. The van der Waals surface area contributed by atoms with Crippen molar-refractivity contribution in [3.05, 3.63) is 52.6 Å². The van der Waals surface area contributed by atoms with Crippen LogP contribution < -0.4 is 4.74 Å². The zero-order chi connectivity index (χ0) is 27.7. The summed E-state index contributed by atoms with van der Waals surface area (Å²) < 4.78 is 44.5. The maximum atomic E-state index is 13.2. The van der Waals surface area contributed by atoms with Gasteiger partial charge in [-0.3, -0.25) is 14.6 Å². The average molecular weight is 534 g/mol. The minimum atomic E-state index is -4.38. The highest BCUT2D eigenvalue weighted by Crippen LogP contribution is 2.34. The lowest BCUT2D eigenvalue weighted by molar-refractivity contribution is -0.137. The van der Waals surface area contributed by atoms with Crippen LogP contribution in [0.5, 0.6) is 5.75 Å². The molecule has 3 heterocycles. The van der Waals surface area contributed by atoms with E-state index in [0.717, 1.165) is 68.1 Å². The summed E-state index contributed by atoms with van der Waals surface area (Å²) in [5.74, 6) is 0.298. The zero-order valence-electron chi connectivity index (χ0n) is 22.9. The van der Waals surface area contributed by atoms with Gasteiger partial charge in [-0.2, -0.15) is 13.2 Å². The van der Waals surface area contributed by atoms with E-state index in [0.29, 0.717) is 31.1 Å². The molecule has 208 valence electrons. The summed E-state index contributed by atoms with van der Waals surface area (Å²) in [6.45, 7) is 13.1. The van der Waals surface area contributed by atoms with Crippen LogP contribution in [0, 0.1) is 13.8 Å². The van der Waals surface area contributed by atoms with E-state index in [4.69, 9.17) is 4.74 Å². The van der Waals surface area contributed by atoms with Crippen molar-refractivity contribution >= 4 is 5.91 Å². The summed E-state index contributed by atoms with van der Waals surface area (Å²) >= 11 is 0. The lowest BCUT2D eigenvalue weighted by Gasteiger charge is -2.51. The molecule has 0 spiro atoms. The molecule has 0 saturated carbocycles. The van der Waals surface area contributed by atoms with Crippen LogP contribution in [0.25, 0.3) is 0 Å². The lowest BCUT2D eigenvalue weighted by atomic mass is 9.86. The number of hydrogen-bond acceptors (Lipinski definition) is 6. The van der Waals surface area contributed by atoms with Gasteiger partial charge in [0.2, 0.25) is 0 Å². The zero-order valence-corrected chi connectivity index (χ0v) is 22.9. The smallest absolute Gasteiger partial charge is 0.416 e. The van der Waals surface area contributed by atoms with E-state index >= 15 is 0 Å². The van der Waals surface area contributed by atoms with Gasteiger partial charge in [0.15, 0.2) is 0 Å².